The summed E-state index contributed by atoms with van der Waals surface area (Å²) >= 11 is 0. The maximum atomic E-state index is 13.8. The number of carbonyl (C=O) groups excluding carboxylic acids is 1. The summed E-state index contributed by atoms with van der Waals surface area (Å²) < 4.78 is 41.9. The number of para-hydroxylation sites is 1. The number of benzene rings is 2. The summed E-state index contributed by atoms with van der Waals surface area (Å²) in [6, 6.07) is 9.02. The molecular formula is C18H16F3N5O. The predicted molar refractivity (Wildman–Crippen MR) is 91.5 cm³/mol. The van der Waals surface area contributed by atoms with E-state index in [1.54, 1.807) is 10.9 Å². The van der Waals surface area contributed by atoms with Crippen LogP contribution < -0.4 is 10.6 Å². The van der Waals surface area contributed by atoms with Gasteiger partial charge in [-0.1, -0.05) is 23.4 Å². The molecule has 1 unspecified atom stereocenters. The lowest BCUT2D eigenvalue weighted by Gasteiger charge is -2.16. The number of halogens is 3. The zero-order chi connectivity index (χ0) is 19.4. The molecule has 0 aliphatic rings. The first-order valence-corrected chi connectivity index (χ1v) is 8.09. The molecule has 1 aromatic heterocycles. The van der Waals surface area contributed by atoms with Gasteiger partial charge in [0.05, 0.1) is 24.5 Å². The lowest BCUT2D eigenvalue weighted by Crippen LogP contribution is -2.37. The Morgan fingerprint density at radius 1 is 1.19 bits per heavy atom. The quantitative estimate of drug-likeness (QED) is 0.673. The van der Waals surface area contributed by atoms with E-state index >= 15 is 0 Å². The molecule has 0 radical (unpaired) electrons. The Morgan fingerprint density at radius 2 is 1.93 bits per heavy atom. The minimum Gasteiger partial charge on any atom is -0.332 e. The number of aromatic nitrogens is 3. The first-order valence-electron chi connectivity index (χ1n) is 8.09. The second kappa shape index (κ2) is 7.90. The number of nitrogens with zero attached hydrogens (tertiary/aromatic N) is 3. The molecule has 0 aliphatic heterocycles. The molecule has 2 N–H and O–H groups in total. The molecule has 140 valence electrons. The standard InChI is InChI=1S/C18H16F3N5O/c1-11(15-7-12(19)8-16(20)17(15)21)23-18(27)22-9-13-10-26(25-24-13)14-5-3-2-4-6-14/h2-8,10-11H,9H2,1H3,(H2,22,23,27). The van der Waals surface area contributed by atoms with Crippen LogP contribution in [0, 0.1) is 17.5 Å². The zero-order valence-corrected chi connectivity index (χ0v) is 14.3. The molecule has 9 heteroatoms. The first-order chi connectivity index (χ1) is 12.9. The highest BCUT2D eigenvalue weighted by Gasteiger charge is 2.18. The fraction of sp³-hybridized carbons (Fsp3) is 0.167. The Bertz CT molecular complexity index is 945. The lowest BCUT2D eigenvalue weighted by molar-refractivity contribution is 0.237. The van der Waals surface area contributed by atoms with Gasteiger partial charge in [0, 0.05) is 11.6 Å². The van der Waals surface area contributed by atoms with Crippen LogP contribution in [0.5, 0.6) is 0 Å². The van der Waals surface area contributed by atoms with Crippen LogP contribution in [0.15, 0.2) is 48.7 Å². The summed E-state index contributed by atoms with van der Waals surface area (Å²) in [4.78, 5) is 12.0. The molecule has 6 nitrogen and oxygen atoms in total. The van der Waals surface area contributed by atoms with Gasteiger partial charge in [-0.15, -0.1) is 5.10 Å². The van der Waals surface area contributed by atoms with E-state index in [1.165, 1.54) is 6.92 Å². The number of amides is 2. The molecule has 0 saturated carbocycles. The third-order valence-electron chi connectivity index (χ3n) is 3.83. The van der Waals surface area contributed by atoms with Gasteiger partial charge in [-0.25, -0.2) is 22.6 Å². The smallest absolute Gasteiger partial charge is 0.315 e. The third kappa shape index (κ3) is 4.43. The summed E-state index contributed by atoms with van der Waals surface area (Å²) in [6.07, 6.45) is 1.65. The van der Waals surface area contributed by atoms with Gasteiger partial charge in [0.1, 0.15) is 11.5 Å². The van der Waals surface area contributed by atoms with Gasteiger partial charge in [0.25, 0.3) is 0 Å². The molecular weight excluding hydrogens is 359 g/mol. The molecule has 2 aromatic carbocycles. The summed E-state index contributed by atoms with van der Waals surface area (Å²) in [7, 11) is 0. The number of nitrogens with one attached hydrogen (secondary N) is 2. The normalized spacial score (nSPS) is 11.9. The van der Waals surface area contributed by atoms with Crippen LogP contribution in [0.25, 0.3) is 5.69 Å². The van der Waals surface area contributed by atoms with E-state index in [0.717, 1.165) is 11.8 Å². The van der Waals surface area contributed by atoms with Crippen LogP contribution in [0.4, 0.5) is 18.0 Å². The number of hydrogen-bond acceptors (Lipinski definition) is 3. The van der Waals surface area contributed by atoms with Gasteiger partial charge < -0.3 is 10.6 Å². The molecule has 0 bridgehead atoms. The predicted octanol–water partition coefficient (Wildman–Crippen LogP) is 3.25. The minimum atomic E-state index is -1.31. The summed E-state index contributed by atoms with van der Waals surface area (Å²) in [5.41, 5.74) is 1.04. The topological polar surface area (TPSA) is 71.8 Å². The van der Waals surface area contributed by atoms with E-state index in [9.17, 15) is 18.0 Å². The molecule has 1 heterocycles. The van der Waals surface area contributed by atoms with E-state index in [0.29, 0.717) is 11.8 Å². The average Bonchev–Trinajstić information content (AvgIpc) is 3.12. The maximum absolute atomic E-state index is 13.8. The Labute approximate surface area is 153 Å². The number of urea groups is 1. The van der Waals surface area contributed by atoms with Gasteiger partial charge in [-0.3, -0.25) is 0 Å². The van der Waals surface area contributed by atoms with E-state index in [1.807, 2.05) is 30.3 Å². The van der Waals surface area contributed by atoms with Gasteiger partial charge in [-0.05, 0) is 25.1 Å². The van der Waals surface area contributed by atoms with Crippen LogP contribution in [0.3, 0.4) is 0 Å². The second-order valence-electron chi connectivity index (χ2n) is 5.83. The van der Waals surface area contributed by atoms with Crippen LogP contribution in [0.2, 0.25) is 0 Å². The van der Waals surface area contributed by atoms with Crippen molar-refractivity contribution in [3.63, 3.8) is 0 Å². The highest BCUT2D eigenvalue weighted by molar-refractivity contribution is 5.74. The van der Waals surface area contributed by atoms with Gasteiger partial charge in [0.15, 0.2) is 11.6 Å². The summed E-state index contributed by atoms with van der Waals surface area (Å²) in [6.45, 7) is 1.49. The monoisotopic (exact) mass is 375 g/mol. The van der Waals surface area contributed by atoms with E-state index in [2.05, 4.69) is 20.9 Å². The van der Waals surface area contributed by atoms with Crippen molar-refractivity contribution >= 4 is 6.03 Å². The molecule has 0 spiro atoms. The van der Waals surface area contributed by atoms with Gasteiger partial charge in [0.2, 0.25) is 0 Å². The molecule has 3 aromatic rings. The Balaban J connectivity index is 1.58. The number of carbonyl (C=O) groups is 1. The van der Waals surface area contributed by atoms with Crippen molar-refractivity contribution in [3.8, 4) is 5.69 Å². The van der Waals surface area contributed by atoms with Crippen LogP contribution >= 0.6 is 0 Å². The van der Waals surface area contributed by atoms with Crippen molar-refractivity contribution in [2.75, 3.05) is 0 Å². The van der Waals surface area contributed by atoms with Crippen molar-refractivity contribution in [2.45, 2.75) is 19.5 Å². The lowest BCUT2D eigenvalue weighted by atomic mass is 10.1. The second-order valence-corrected chi connectivity index (χ2v) is 5.83. The molecule has 0 aliphatic carbocycles. The largest absolute Gasteiger partial charge is 0.332 e. The van der Waals surface area contributed by atoms with Crippen molar-refractivity contribution < 1.29 is 18.0 Å². The van der Waals surface area contributed by atoms with E-state index in [4.69, 9.17) is 0 Å². The maximum Gasteiger partial charge on any atom is 0.315 e. The van der Waals surface area contributed by atoms with E-state index < -0.39 is 29.5 Å². The van der Waals surface area contributed by atoms with Crippen molar-refractivity contribution in [1.82, 2.24) is 25.6 Å². The molecule has 0 fully saturated rings. The molecule has 3 rings (SSSR count). The Kier molecular flexibility index (Phi) is 5.39. The van der Waals surface area contributed by atoms with Crippen LogP contribution in [-0.2, 0) is 6.54 Å². The Morgan fingerprint density at radius 3 is 2.67 bits per heavy atom. The van der Waals surface area contributed by atoms with Crippen molar-refractivity contribution in [2.24, 2.45) is 0 Å². The fourth-order valence-corrected chi connectivity index (χ4v) is 2.47. The fourth-order valence-electron chi connectivity index (χ4n) is 2.47. The van der Waals surface area contributed by atoms with Crippen molar-refractivity contribution in [1.29, 1.82) is 0 Å². The van der Waals surface area contributed by atoms with Crippen LogP contribution in [0.1, 0.15) is 24.2 Å². The Hall–Kier alpha value is -3.36. The van der Waals surface area contributed by atoms with E-state index in [-0.39, 0.29) is 12.1 Å². The highest BCUT2D eigenvalue weighted by atomic mass is 19.2. The van der Waals surface area contributed by atoms with Crippen molar-refractivity contribution in [3.05, 3.63) is 77.4 Å². The van der Waals surface area contributed by atoms with Gasteiger partial charge in [-0.2, -0.15) is 0 Å². The third-order valence-corrected chi connectivity index (χ3v) is 3.83. The summed E-state index contributed by atoms with van der Waals surface area (Å²) in [5, 5.41) is 12.9. The average molecular weight is 375 g/mol. The number of hydrogen-bond donors (Lipinski definition) is 2. The number of rotatable bonds is 5. The highest BCUT2D eigenvalue weighted by Crippen LogP contribution is 2.20. The zero-order valence-electron chi connectivity index (χ0n) is 14.3. The molecule has 1 atom stereocenters. The SMILES string of the molecule is CC(NC(=O)NCc1cn(-c2ccccc2)nn1)c1cc(F)cc(F)c1F. The minimum absolute atomic E-state index is 0.0748. The molecule has 2 amide bonds. The molecule has 27 heavy (non-hydrogen) atoms. The first kappa shape index (κ1) is 18.4. The molecule has 0 saturated heterocycles. The summed E-state index contributed by atoms with van der Waals surface area (Å²) in [5.74, 6) is -3.43. The van der Waals surface area contributed by atoms with Gasteiger partial charge >= 0.3 is 6.03 Å². The van der Waals surface area contributed by atoms with Crippen LogP contribution in [-0.4, -0.2) is 21.0 Å².